The quantitative estimate of drug-likeness (QED) is 0.291. The average Bonchev–Trinajstić information content (AvgIpc) is 2.79. The van der Waals surface area contributed by atoms with Gasteiger partial charge in [-0.15, -0.1) is 0 Å². The van der Waals surface area contributed by atoms with Crippen LogP contribution in [0.25, 0.3) is 6.08 Å². The number of para-hydroxylation sites is 2. The molecule has 3 aromatic rings. The summed E-state index contributed by atoms with van der Waals surface area (Å²) >= 11 is 0. The standard InChI is InChI=1S/C23H15N3O6/c27-20-13-7-12-19(26(31)32)17(20)14-18-21(28)24(15-8-3-1-4-9-15)23(30)25(22(18)29)16-10-5-2-6-11-16/h1-14,27H. The normalized spacial score (nSPS) is 14.0. The number of anilines is 2. The SMILES string of the molecule is O=C1C(=Cc2c(O)cccc2[N+](=O)[O-])C(=O)N(c2ccccc2)C(=O)N1c1ccccc1. The van der Waals surface area contributed by atoms with Crippen LogP contribution < -0.4 is 9.80 Å². The number of urea groups is 1. The summed E-state index contributed by atoms with van der Waals surface area (Å²) in [6.45, 7) is 0. The number of phenols is 1. The first-order valence-electron chi connectivity index (χ1n) is 9.41. The van der Waals surface area contributed by atoms with E-state index in [1.165, 1.54) is 36.4 Å². The third-order valence-electron chi connectivity index (χ3n) is 4.82. The van der Waals surface area contributed by atoms with Crippen molar-refractivity contribution in [2.24, 2.45) is 0 Å². The molecule has 1 fully saturated rings. The predicted octanol–water partition coefficient (Wildman–Crippen LogP) is 3.88. The molecule has 0 unspecified atom stereocenters. The predicted molar refractivity (Wildman–Crippen MR) is 116 cm³/mol. The first-order valence-corrected chi connectivity index (χ1v) is 9.41. The van der Waals surface area contributed by atoms with Gasteiger partial charge in [-0.1, -0.05) is 42.5 Å². The minimum atomic E-state index is -0.962. The van der Waals surface area contributed by atoms with Gasteiger partial charge in [-0.2, -0.15) is 0 Å². The van der Waals surface area contributed by atoms with Crippen LogP contribution in [0.15, 0.2) is 84.4 Å². The second-order valence-electron chi connectivity index (χ2n) is 6.76. The number of carbonyl (C=O) groups excluding carboxylic acids is 3. The Hall–Kier alpha value is -4.79. The Bertz CT molecular complexity index is 1210. The molecule has 0 bridgehead atoms. The Labute approximate surface area is 181 Å². The number of phenolic OH excluding ortho intramolecular Hbond substituents is 1. The summed E-state index contributed by atoms with van der Waals surface area (Å²) in [7, 11) is 0. The van der Waals surface area contributed by atoms with Crippen molar-refractivity contribution in [2.45, 2.75) is 0 Å². The molecule has 9 nitrogen and oxygen atoms in total. The Morgan fingerprint density at radius 3 is 1.72 bits per heavy atom. The van der Waals surface area contributed by atoms with Gasteiger partial charge in [0, 0.05) is 6.07 Å². The van der Waals surface area contributed by atoms with Crippen molar-refractivity contribution in [1.29, 1.82) is 0 Å². The molecule has 9 heteroatoms. The summed E-state index contributed by atoms with van der Waals surface area (Å²) in [6, 6.07) is 18.7. The smallest absolute Gasteiger partial charge is 0.343 e. The zero-order valence-electron chi connectivity index (χ0n) is 16.4. The second kappa shape index (κ2) is 8.15. The summed E-state index contributed by atoms with van der Waals surface area (Å²) in [4.78, 5) is 52.0. The fourth-order valence-corrected chi connectivity index (χ4v) is 3.33. The van der Waals surface area contributed by atoms with E-state index >= 15 is 0 Å². The van der Waals surface area contributed by atoms with Crippen molar-refractivity contribution in [3.05, 3.63) is 100 Å². The van der Waals surface area contributed by atoms with E-state index in [2.05, 4.69) is 0 Å². The van der Waals surface area contributed by atoms with Crippen LogP contribution in [0.2, 0.25) is 0 Å². The van der Waals surface area contributed by atoms with E-state index in [4.69, 9.17) is 0 Å². The van der Waals surface area contributed by atoms with Gasteiger partial charge in [0.25, 0.3) is 17.5 Å². The minimum Gasteiger partial charge on any atom is -0.507 e. The number of aromatic hydroxyl groups is 1. The monoisotopic (exact) mass is 429 g/mol. The van der Waals surface area contributed by atoms with Crippen molar-refractivity contribution >= 4 is 41.0 Å². The molecule has 4 rings (SSSR count). The maximum absolute atomic E-state index is 13.3. The largest absolute Gasteiger partial charge is 0.507 e. The lowest BCUT2D eigenvalue weighted by molar-refractivity contribution is -0.385. The molecule has 0 radical (unpaired) electrons. The fraction of sp³-hybridized carbons (Fsp3) is 0. The molecule has 0 aliphatic carbocycles. The molecule has 158 valence electrons. The Morgan fingerprint density at radius 2 is 1.25 bits per heavy atom. The number of nitrogens with zero attached hydrogens (tertiary/aromatic N) is 3. The number of imide groups is 2. The van der Waals surface area contributed by atoms with Crippen molar-refractivity contribution in [1.82, 2.24) is 0 Å². The van der Waals surface area contributed by atoms with Crippen molar-refractivity contribution in [3.63, 3.8) is 0 Å². The number of barbiturate groups is 1. The highest BCUT2D eigenvalue weighted by Crippen LogP contribution is 2.33. The van der Waals surface area contributed by atoms with Crippen LogP contribution in [0.3, 0.4) is 0 Å². The van der Waals surface area contributed by atoms with Crippen molar-refractivity contribution < 1.29 is 24.4 Å². The van der Waals surface area contributed by atoms with E-state index in [0.29, 0.717) is 0 Å². The number of carbonyl (C=O) groups is 3. The van der Waals surface area contributed by atoms with E-state index in [1.807, 2.05) is 0 Å². The van der Waals surface area contributed by atoms with Crippen LogP contribution in [0.1, 0.15) is 5.56 Å². The lowest BCUT2D eigenvalue weighted by atomic mass is 10.0. The molecule has 0 saturated carbocycles. The zero-order chi connectivity index (χ0) is 22.8. The molecule has 1 saturated heterocycles. The third kappa shape index (κ3) is 3.47. The lowest BCUT2D eigenvalue weighted by Gasteiger charge is -2.33. The molecule has 1 aliphatic rings. The van der Waals surface area contributed by atoms with Gasteiger partial charge in [-0.3, -0.25) is 19.7 Å². The topological polar surface area (TPSA) is 121 Å². The molecule has 0 aromatic heterocycles. The van der Waals surface area contributed by atoms with Gasteiger partial charge in [0.05, 0.1) is 21.9 Å². The van der Waals surface area contributed by atoms with Gasteiger partial charge >= 0.3 is 6.03 Å². The third-order valence-corrected chi connectivity index (χ3v) is 4.82. The second-order valence-corrected chi connectivity index (χ2v) is 6.76. The molecule has 1 aliphatic heterocycles. The number of rotatable bonds is 4. The van der Waals surface area contributed by atoms with Gasteiger partial charge in [0.1, 0.15) is 11.3 Å². The molecule has 1 N–H and O–H groups in total. The number of nitro benzene ring substituents is 1. The van der Waals surface area contributed by atoms with Crippen LogP contribution in [0.4, 0.5) is 21.9 Å². The van der Waals surface area contributed by atoms with Crippen LogP contribution in [0.5, 0.6) is 5.75 Å². The minimum absolute atomic E-state index is 0.216. The van der Waals surface area contributed by atoms with Gasteiger partial charge in [-0.05, 0) is 36.4 Å². The Balaban J connectivity index is 1.93. The number of benzene rings is 3. The summed E-state index contributed by atoms with van der Waals surface area (Å²) in [5.41, 5.74) is -0.888. The van der Waals surface area contributed by atoms with Crippen LogP contribution in [0, 0.1) is 10.1 Å². The van der Waals surface area contributed by atoms with Crippen LogP contribution >= 0.6 is 0 Å². The average molecular weight is 429 g/mol. The fourth-order valence-electron chi connectivity index (χ4n) is 3.33. The van der Waals surface area contributed by atoms with Crippen LogP contribution in [-0.4, -0.2) is 27.9 Å². The molecule has 4 amide bonds. The molecular weight excluding hydrogens is 414 g/mol. The van der Waals surface area contributed by atoms with Gasteiger partial charge < -0.3 is 5.11 Å². The van der Waals surface area contributed by atoms with Crippen molar-refractivity contribution in [2.75, 3.05) is 9.80 Å². The van der Waals surface area contributed by atoms with E-state index in [-0.39, 0.29) is 16.9 Å². The summed E-state index contributed by atoms with van der Waals surface area (Å²) in [6.07, 6.45) is 0.941. The summed E-state index contributed by atoms with van der Waals surface area (Å²) in [5.74, 6) is -2.41. The van der Waals surface area contributed by atoms with Gasteiger partial charge in [0.2, 0.25) is 0 Å². The number of hydrogen-bond acceptors (Lipinski definition) is 6. The number of amides is 4. The lowest BCUT2D eigenvalue weighted by Crippen LogP contribution is -2.57. The summed E-state index contributed by atoms with van der Waals surface area (Å²) < 4.78 is 0. The zero-order valence-corrected chi connectivity index (χ0v) is 16.4. The molecular formula is C23H15N3O6. The Morgan fingerprint density at radius 1 is 0.750 bits per heavy atom. The Kier molecular flexibility index (Phi) is 5.22. The molecule has 0 atom stereocenters. The van der Waals surface area contributed by atoms with E-state index in [0.717, 1.165) is 21.9 Å². The highest BCUT2D eigenvalue weighted by atomic mass is 16.6. The number of hydrogen-bond donors (Lipinski definition) is 1. The maximum atomic E-state index is 13.3. The van der Waals surface area contributed by atoms with E-state index < -0.39 is 39.8 Å². The number of nitro groups is 1. The first kappa shape index (κ1) is 20.5. The highest BCUT2D eigenvalue weighted by Gasteiger charge is 2.44. The molecule has 32 heavy (non-hydrogen) atoms. The van der Waals surface area contributed by atoms with Gasteiger partial charge in [0.15, 0.2) is 0 Å². The first-order chi connectivity index (χ1) is 15.4. The van der Waals surface area contributed by atoms with Crippen LogP contribution in [-0.2, 0) is 9.59 Å². The van der Waals surface area contributed by atoms with Crippen molar-refractivity contribution in [3.8, 4) is 5.75 Å². The van der Waals surface area contributed by atoms with E-state index in [9.17, 15) is 29.6 Å². The molecule has 3 aromatic carbocycles. The molecule has 1 heterocycles. The molecule has 0 spiro atoms. The maximum Gasteiger partial charge on any atom is 0.343 e. The van der Waals surface area contributed by atoms with E-state index in [1.54, 1.807) is 36.4 Å². The highest BCUT2D eigenvalue weighted by molar-refractivity contribution is 6.46. The van der Waals surface area contributed by atoms with Gasteiger partial charge in [-0.25, -0.2) is 14.6 Å². The summed E-state index contributed by atoms with van der Waals surface area (Å²) in [5, 5.41) is 21.6.